The summed E-state index contributed by atoms with van der Waals surface area (Å²) < 4.78 is 0.190. The van der Waals surface area contributed by atoms with Crippen LogP contribution in [0.2, 0.25) is 0 Å². The molecule has 0 amide bonds. The fourth-order valence-corrected chi connectivity index (χ4v) is 14.1. The van der Waals surface area contributed by atoms with Gasteiger partial charge in [-0.15, -0.1) is 10.5 Å². The molecular weight excluding hydrogens is 549 g/mol. The normalized spacial score (nSPS) is 33.8. The molecule has 6 atom stereocenters. The van der Waals surface area contributed by atoms with Crippen LogP contribution < -0.4 is 0 Å². The van der Waals surface area contributed by atoms with Crippen molar-refractivity contribution in [1.29, 1.82) is 0 Å². The minimum Gasteiger partial charge on any atom is -0.146 e. The molecule has 0 N–H and O–H groups in total. The van der Waals surface area contributed by atoms with Gasteiger partial charge in [-0.25, -0.2) is 0 Å². The molecule has 0 bridgehead atoms. The molecule has 1 heteroatoms. The second-order valence-corrected chi connectivity index (χ2v) is 16.4. The summed E-state index contributed by atoms with van der Waals surface area (Å²) >= 11 is 0. The number of hydrogen-bond donors (Lipinski definition) is 0. The summed E-state index contributed by atoms with van der Waals surface area (Å²) in [6.07, 6.45) is 8.89. The van der Waals surface area contributed by atoms with E-state index in [9.17, 15) is 0 Å². The molecule has 5 aliphatic rings. The van der Waals surface area contributed by atoms with Gasteiger partial charge in [0, 0.05) is 16.2 Å². The summed E-state index contributed by atoms with van der Waals surface area (Å²) in [6, 6.07) is 25.5. The average Bonchev–Trinajstić information content (AvgIpc) is 3.38. The van der Waals surface area contributed by atoms with E-state index in [1.807, 2.05) is 13.8 Å². The molecule has 3 aromatic carbocycles. The summed E-state index contributed by atoms with van der Waals surface area (Å²) in [7, 11) is 0.183. The van der Waals surface area contributed by atoms with Gasteiger partial charge in [0.25, 0.3) is 0 Å². The van der Waals surface area contributed by atoms with Gasteiger partial charge in [-0.05, 0) is 115 Å². The van der Waals surface area contributed by atoms with E-state index in [1.165, 1.54) is 42.4 Å². The van der Waals surface area contributed by atoms with Crippen LogP contribution in [0.4, 0.5) is 0 Å². The molecule has 0 aromatic heterocycles. The summed E-state index contributed by atoms with van der Waals surface area (Å²) in [5, 5.41) is 2.61. The highest BCUT2D eigenvalue weighted by Gasteiger charge is 2.90. The van der Waals surface area contributed by atoms with E-state index in [0.717, 1.165) is 6.42 Å². The minimum absolute atomic E-state index is 0.114. The Hall–Kier alpha value is -2.64. The Labute approximate surface area is 271 Å². The molecule has 232 valence electrons. The summed E-state index contributed by atoms with van der Waals surface area (Å²) in [4.78, 5) is 1.71. The van der Waals surface area contributed by atoms with Crippen LogP contribution in [-0.4, -0.2) is 4.86 Å². The van der Waals surface area contributed by atoms with Crippen molar-refractivity contribution >= 4 is 15.3 Å². The van der Waals surface area contributed by atoms with Crippen LogP contribution in [-0.2, 0) is 15.6 Å². The van der Waals surface area contributed by atoms with Gasteiger partial charge in [-0.3, -0.25) is 0 Å². The standard InChI is InChI=1S/C32H36S.C9H12.C2H6/c1-21-13-6-8-15-24(21)29(3)22(2)30(4)31(5,27-18-11-10-17-26(27)29)32(30)25-16-9-7-14-23(25)28-19-12-20-33(28)32;1-7-5-4-6-8(2)9(7)3;1-2/h7,9-12,14,16-18,20,22H,6,8,13,15,19H2,1-5H3;4-6H,1-3H3;1-2H3. The Bertz CT molecular complexity index is 1700. The first-order chi connectivity index (χ1) is 21.1. The average molecular weight is 603 g/mol. The lowest BCUT2D eigenvalue weighted by Crippen LogP contribution is -2.45. The van der Waals surface area contributed by atoms with E-state index in [2.05, 4.69) is 134 Å². The Balaban J connectivity index is 0.000000268. The quantitative estimate of drug-likeness (QED) is 0.192. The van der Waals surface area contributed by atoms with E-state index in [1.54, 1.807) is 38.3 Å². The maximum Gasteiger partial charge on any atom is 0.0570 e. The van der Waals surface area contributed by atoms with Crippen molar-refractivity contribution in [2.45, 2.75) is 117 Å². The third-order valence-electron chi connectivity index (χ3n) is 13.2. The highest BCUT2D eigenvalue weighted by Crippen LogP contribution is 2.92. The first-order valence-corrected chi connectivity index (χ1v) is 18.5. The number of benzene rings is 3. The van der Waals surface area contributed by atoms with Crippen LogP contribution in [0.15, 0.2) is 89.4 Å². The van der Waals surface area contributed by atoms with Crippen LogP contribution in [0.3, 0.4) is 0 Å². The molecule has 44 heavy (non-hydrogen) atoms. The van der Waals surface area contributed by atoms with Gasteiger partial charge in [0.15, 0.2) is 0 Å². The SMILES string of the molecule is CC.CC1=C(C2(C)c3ccccc3C3(C)C(C)(C2C)C32c3ccccc3C3=S2C=CC3)CCCC1.Cc1cccc(C)c1C. The van der Waals surface area contributed by atoms with Gasteiger partial charge in [-0.1, -0.05) is 125 Å². The van der Waals surface area contributed by atoms with E-state index in [-0.39, 0.29) is 31.5 Å². The van der Waals surface area contributed by atoms with Crippen molar-refractivity contribution in [2.24, 2.45) is 11.3 Å². The van der Waals surface area contributed by atoms with E-state index >= 15 is 0 Å². The van der Waals surface area contributed by atoms with Gasteiger partial charge < -0.3 is 0 Å². The van der Waals surface area contributed by atoms with E-state index < -0.39 is 0 Å². The first-order valence-electron chi connectivity index (χ1n) is 17.2. The fourth-order valence-electron chi connectivity index (χ4n) is 10.5. The Morgan fingerprint density at radius 2 is 1.30 bits per heavy atom. The molecule has 3 aliphatic carbocycles. The molecule has 0 saturated heterocycles. The maximum atomic E-state index is 2.68. The molecule has 1 spiro atoms. The predicted molar refractivity (Wildman–Crippen MR) is 195 cm³/mol. The zero-order chi connectivity index (χ0) is 31.7. The molecule has 2 heterocycles. The Kier molecular flexibility index (Phi) is 7.84. The van der Waals surface area contributed by atoms with Crippen LogP contribution >= 0.6 is 10.5 Å². The number of hydrogen-bond acceptors (Lipinski definition) is 0. The topological polar surface area (TPSA) is 0 Å². The second kappa shape index (κ2) is 11.0. The molecule has 1 fully saturated rings. The van der Waals surface area contributed by atoms with Crippen molar-refractivity contribution in [3.63, 3.8) is 0 Å². The van der Waals surface area contributed by atoms with Crippen molar-refractivity contribution in [3.8, 4) is 0 Å². The summed E-state index contributed by atoms with van der Waals surface area (Å²) in [6.45, 7) is 23.5. The van der Waals surface area contributed by atoms with Gasteiger partial charge in [-0.2, -0.15) is 0 Å². The third-order valence-corrected chi connectivity index (χ3v) is 16.2. The number of fused-ring (bicyclic) bond motifs is 9. The fraction of sp³-hybridized carbons (Fsp3) is 0.465. The van der Waals surface area contributed by atoms with Gasteiger partial charge >= 0.3 is 0 Å². The molecule has 0 nitrogen and oxygen atoms in total. The zero-order valence-electron chi connectivity index (χ0n) is 29.0. The lowest BCUT2D eigenvalue weighted by Gasteiger charge is -2.50. The molecule has 2 aliphatic heterocycles. The minimum atomic E-state index is 0.114. The molecule has 3 aromatic rings. The Morgan fingerprint density at radius 1 is 0.705 bits per heavy atom. The highest BCUT2D eigenvalue weighted by atomic mass is 32.2. The maximum absolute atomic E-state index is 2.68. The lowest BCUT2D eigenvalue weighted by molar-refractivity contribution is 0.186. The van der Waals surface area contributed by atoms with Crippen molar-refractivity contribution in [3.05, 3.63) is 128 Å². The van der Waals surface area contributed by atoms with E-state index in [0.29, 0.717) is 5.92 Å². The predicted octanol–water partition coefficient (Wildman–Crippen LogP) is 12.0. The monoisotopic (exact) mass is 602 g/mol. The lowest BCUT2D eigenvalue weighted by atomic mass is 9.53. The Morgan fingerprint density at radius 3 is 1.93 bits per heavy atom. The van der Waals surface area contributed by atoms with Crippen LogP contribution in [0.5, 0.6) is 0 Å². The van der Waals surface area contributed by atoms with E-state index in [4.69, 9.17) is 0 Å². The van der Waals surface area contributed by atoms with Gasteiger partial charge in [0.05, 0.1) is 4.75 Å². The van der Waals surface area contributed by atoms with Crippen molar-refractivity contribution in [2.75, 3.05) is 0 Å². The largest absolute Gasteiger partial charge is 0.146 e. The molecule has 0 radical (unpaired) electrons. The first kappa shape index (κ1) is 31.3. The summed E-state index contributed by atoms with van der Waals surface area (Å²) in [5.41, 5.74) is 14.6. The molecule has 6 unspecified atom stereocenters. The molecular formula is C43H54S. The van der Waals surface area contributed by atoms with Crippen LogP contribution in [0.1, 0.15) is 120 Å². The van der Waals surface area contributed by atoms with Crippen molar-refractivity contribution < 1.29 is 0 Å². The second-order valence-electron chi connectivity index (χ2n) is 14.3. The number of rotatable bonds is 1. The molecule has 8 rings (SSSR count). The highest BCUT2D eigenvalue weighted by molar-refractivity contribution is 8.20. The number of aryl methyl sites for hydroxylation is 2. The van der Waals surface area contributed by atoms with Gasteiger partial charge in [0.2, 0.25) is 0 Å². The zero-order valence-corrected chi connectivity index (χ0v) is 29.8. The van der Waals surface area contributed by atoms with Crippen molar-refractivity contribution in [1.82, 2.24) is 0 Å². The van der Waals surface area contributed by atoms with Crippen LogP contribution in [0.25, 0.3) is 0 Å². The van der Waals surface area contributed by atoms with Gasteiger partial charge in [0.1, 0.15) is 0 Å². The third kappa shape index (κ3) is 3.69. The van der Waals surface area contributed by atoms with Crippen LogP contribution in [0, 0.1) is 32.1 Å². The summed E-state index contributed by atoms with van der Waals surface area (Å²) in [5.74, 6) is 0.585. The molecule has 1 saturated carbocycles. The smallest absolute Gasteiger partial charge is 0.0570 e. The number of allylic oxidation sites excluding steroid dienone is 3.